The minimum Gasteiger partial charge on any atom is -0.459 e. The summed E-state index contributed by atoms with van der Waals surface area (Å²) in [6.07, 6.45) is 1.45. The fraction of sp³-hybridized carbons (Fsp3) is 0. The maximum atomic E-state index is 12.1. The average molecular weight is 372 g/mol. The van der Waals surface area contributed by atoms with E-state index in [1.165, 1.54) is 6.26 Å². The third kappa shape index (κ3) is 4.59. The van der Waals surface area contributed by atoms with E-state index >= 15 is 0 Å². The first-order valence-electron chi connectivity index (χ1n) is 7.39. The van der Waals surface area contributed by atoms with Crippen molar-refractivity contribution < 1.29 is 9.21 Å². The SMILES string of the molecule is O=C(Nc1ccccc1NC(=S)Nc1cccc(Cl)c1)c1ccco1. The maximum Gasteiger partial charge on any atom is 0.291 e. The van der Waals surface area contributed by atoms with Gasteiger partial charge in [-0.15, -0.1) is 0 Å². The highest BCUT2D eigenvalue weighted by molar-refractivity contribution is 7.80. The third-order valence-electron chi connectivity index (χ3n) is 3.25. The van der Waals surface area contributed by atoms with Crippen LogP contribution in [0.4, 0.5) is 17.1 Å². The van der Waals surface area contributed by atoms with Gasteiger partial charge in [-0.2, -0.15) is 0 Å². The smallest absolute Gasteiger partial charge is 0.291 e. The lowest BCUT2D eigenvalue weighted by Gasteiger charge is -2.14. The number of carbonyl (C=O) groups excluding carboxylic acids is 1. The summed E-state index contributed by atoms with van der Waals surface area (Å²) in [4.78, 5) is 12.1. The molecule has 1 amide bonds. The van der Waals surface area contributed by atoms with Crippen LogP contribution in [0.25, 0.3) is 0 Å². The molecular weight excluding hydrogens is 358 g/mol. The Kier molecular flexibility index (Phi) is 5.33. The van der Waals surface area contributed by atoms with E-state index in [1.54, 1.807) is 30.3 Å². The van der Waals surface area contributed by atoms with Crippen LogP contribution in [0.2, 0.25) is 5.02 Å². The Morgan fingerprint density at radius 3 is 2.36 bits per heavy atom. The predicted octanol–water partition coefficient (Wildman–Crippen LogP) is 4.99. The van der Waals surface area contributed by atoms with Gasteiger partial charge in [0.1, 0.15) is 0 Å². The largest absolute Gasteiger partial charge is 0.459 e. The predicted molar refractivity (Wildman–Crippen MR) is 104 cm³/mol. The normalized spacial score (nSPS) is 10.1. The van der Waals surface area contributed by atoms with Crippen LogP contribution >= 0.6 is 23.8 Å². The standard InChI is InChI=1S/C18H14ClN3O2S/c19-12-5-3-6-13(11-12)20-18(25)22-15-8-2-1-7-14(15)21-17(23)16-9-4-10-24-16/h1-11H,(H,21,23)(H2,20,22,25). The molecule has 0 saturated heterocycles. The van der Waals surface area contributed by atoms with Gasteiger partial charge >= 0.3 is 0 Å². The number of amides is 1. The van der Waals surface area contributed by atoms with E-state index in [9.17, 15) is 4.79 Å². The number of nitrogens with one attached hydrogen (secondary N) is 3. The molecule has 25 heavy (non-hydrogen) atoms. The molecule has 2 aromatic carbocycles. The lowest BCUT2D eigenvalue weighted by Crippen LogP contribution is -2.20. The van der Waals surface area contributed by atoms with Crippen molar-refractivity contribution in [3.05, 3.63) is 77.7 Å². The minimum absolute atomic E-state index is 0.231. The molecule has 3 rings (SSSR count). The van der Waals surface area contributed by atoms with Gasteiger partial charge in [-0.1, -0.05) is 29.8 Å². The molecule has 0 fully saturated rings. The second-order valence-corrected chi connectivity index (χ2v) is 5.91. The number of benzene rings is 2. The number of furan rings is 1. The lowest BCUT2D eigenvalue weighted by atomic mass is 10.2. The van der Waals surface area contributed by atoms with Crippen LogP contribution in [0.1, 0.15) is 10.6 Å². The molecule has 0 atom stereocenters. The molecule has 0 aliphatic heterocycles. The molecule has 0 radical (unpaired) electrons. The molecule has 0 saturated carbocycles. The summed E-state index contributed by atoms with van der Waals surface area (Å²) in [6.45, 7) is 0. The third-order valence-corrected chi connectivity index (χ3v) is 3.69. The second kappa shape index (κ2) is 7.83. The summed E-state index contributed by atoms with van der Waals surface area (Å²) < 4.78 is 5.10. The van der Waals surface area contributed by atoms with Gasteiger partial charge in [0.25, 0.3) is 5.91 Å². The summed E-state index contributed by atoms with van der Waals surface area (Å²) in [5.74, 6) is -0.109. The van der Waals surface area contributed by atoms with E-state index in [0.717, 1.165) is 5.69 Å². The Balaban J connectivity index is 1.70. The number of hydrogen-bond acceptors (Lipinski definition) is 3. The van der Waals surface area contributed by atoms with Gasteiger partial charge in [0, 0.05) is 10.7 Å². The summed E-state index contributed by atoms with van der Waals surface area (Å²) in [5.41, 5.74) is 2.00. The van der Waals surface area contributed by atoms with Crippen LogP contribution in [0.15, 0.2) is 71.3 Å². The zero-order valence-corrected chi connectivity index (χ0v) is 14.5. The van der Waals surface area contributed by atoms with E-state index in [1.807, 2.05) is 30.3 Å². The van der Waals surface area contributed by atoms with Crippen molar-refractivity contribution in [2.24, 2.45) is 0 Å². The van der Waals surface area contributed by atoms with Gasteiger partial charge in [0.2, 0.25) is 0 Å². The molecule has 0 spiro atoms. The highest BCUT2D eigenvalue weighted by Crippen LogP contribution is 2.22. The number of anilines is 3. The molecule has 0 aliphatic rings. The molecule has 3 aromatic rings. The summed E-state index contributed by atoms with van der Waals surface area (Å²) in [5, 5.41) is 9.88. The molecule has 0 bridgehead atoms. The second-order valence-electron chi connectivity index (χ2n) is 5.07. The Morgan fingerprint density at radius 2 is 1.68 bits per heavy atom. The van der Waals surface area contributed by atoms with Gasteiger partial charge < -0.3 is 20.4 Å². The van der Waals surface area contributed by atoms with Crippen LogP contribution in [0.5, 0.6) is 0 Å². The van der Waals surface area contributed by atoms with Crippen molar-refractivity contribution in [1.82, 2.24) is 0 Å². The highest BCUT2D eigenvalue weighted by Gasteiger charge is 2.11. The van der Waals surface area contributed by atoms with Crippen molar-refractivity contribution in [2.45, 2.75) is 0 Å². The summed E-state index contributed by atoms with van der Waals surface area (Å²) >= 11 is 11.3. The molecule has 1 aromatic heterocycles. The first kappa shape index (κ1) is 17.0. The fourth-order valence-electron chi connectivity index (χ4n) is 2.14. The molecule has 0 unspecified atom stereocenters. The van der Waals surface area contributed by atoms with Crippen LogP contribution in [0, 0.1) is 0 Å². The van der Waals surface area contributed by atoms with Gasteiger partial charge in [-0.3, -0.25) is 4.79 Å². The number of para-hydroxylation sites is 2. The van der Waals surface area contributed by atoms with E-state index in [-0.39, 0.29) is 11.7 Å². The number of rotatable bonds is 4. The number of carbonyl (C=O) groups is 1. The number of thiocarbonyl (C=S) groups is 1. The Morgan fingerprint density at radius 1 is 0.920 bits per heavy atom. The van der Waals surface area contributed by atoms with Crippen molar-refractivity contribution in [3.63, 3.8) is 0 Å². The zero-order valence-electron chi connectivity index (χ0n) is 13.0. The van der Waals surface area contributed by atoms with Gasteiger partial charge in [0.15, 0.2) is 10.9 Å². The first-order chi connectivity index (χ1) is 12.1. The van der Waals surface area contributed by atoms with Crippen LogP contribution < -0.4 is 16.0 Å². The molecule has 0 aliphatic carbocycles. The van der Waals surface area contributed by atoms with Gasteiger partial charge in [-0.25, -0.2) is 0 Å². The Labute approximate surface area is 155 Å². The van der Waals surface area contributed by atoms with Crippen LogP contribution in [0.3, 0.4) is 0 Å². The van der Waals surface area contributed by atoms with Crippen LogP contribution in [-0.4, -0.2) is 11.0 Å². The van der Waals surface area contributed by atoms with Crippen LogP contribution in [-0.2, 0) is 0 Å². The number of halogens is 1. The van der Waals surface area contributed by atoms with Gasteiger partial charge in [-0.05, 0) is 54.7 Å². The van der Waals surface area contributed by atoms with Crippen molar-refractivity contribution >= 4 is 51.9 Å². The average Bonchev–Trinajstić information content (AvgIpc) is 3.11. The van der Waals surface area contributed by atoms with E-state index < -0.39 is 0 Å². The van der Waals surface area contributed by atoms with Crippen molar-refractivity contribution in [1.29, 1.82) is 0 Å². The molecule has 1 heterocycles. The molecule has 3 N–H and O–H groups in total. The Hall–Kier alpha value is -2.83. The molecule has 126 valence electrons. The van der Waals surface area contributed by atoms with E-state index in [0.29, 0.717) is 21.5 Å². The molecular formula is C18H14ClN3O2S. The topological polar surface area (TPSA) is 66.3 Å². The van der Waals surface area contributed by atoms with Crippen molar-refractivity contribution in [2.75, 3.05) is 16.0 Å². The zero-order chi connectivity index (χ0) is 17.6. The monoisotopic (exact) mass is 371 g/mol. The fourth-order valence-corrected chi connectivity index (χ4v) is 2.56. The maximum absolute atomic E-state index is 12.1. The first-order valence-corrected chi connectivity index (χ1v) is 8.18. The van der Waals surface area contributed by atoms with Crippen molar-refractivity contribution in [3.8, 4) is 0 Å². The molecule has 7 heteroatoms. The molecule has 5 nitrogen and oxygen atoms in total. The minimum atomic E-state index is -0.340. The van der Waals surface area contributed by atoms with E-state index in [4.69, 9.17) is 28.2 Å². The van der Waals surface area contributed by atoms with E-state index in [2.05, 4.69) is 16.0 Å². The Bertz CT molecular complexity index is 897. The summed E-state index contributed by atoms with van der Waals surface area (Å²) in [7, 11) is 0. The quantitative estimate of drug-likeness (QED) is 0.563. The summed E-state index contributed by atoms with van der Waals surface area (Å²) in [6, 6.07) is 17.7. The van der Waals surface area contributed by atoms with Gasteiger partial charge in [0.05, 0.1) is 17.6 Å². The lowest BCUT2D eigenvalue weighted by molar-refractivity contribution is 0.0996. The number of hydrogen-bond donors (Lipinski definition) is 3. The highest BCUT2D eigenvalue weighted by atomic mass is 35.5.